The van der Waals surface area contributed by atoms with Crippen LogP contribution >= 0.6 is 0 Å². The van der Waals surface area contributed by atoms with Gasteiger partial charge >= 0.3 is 0 Å². The first kappa shape index (κ1) is 19.4. The Kier molecular flexibility index (Phi) is 6.12. The summed E-state index contributed by atoms with van der Waals surface area (Å²) in [4.78, 5) is 11.0. The van der Waals surface area contributed by atoms with Crippen molar-refractivity contribution in [3.05, 3.63) is 36.2 Å². The number of anilines is 1. The first-order valence-corrected chi connectivity index (χ1v) is 10.3. The fraction of sp³-hybridized carbons (Fsp3) is 0.444. The second kappa shape index (κ2) is 8.53. The first-order chi connectivity index (χ1) is 13.0. The summed E-state index contributed by atoms with van der Waals surface area (Å²) in [6.07, 6.45) is 5.13. The Hall–Kier alpha value is -2.39. The monoisotopic (exact) mass is 392 g/mol. The van der Waals surface area contributed by atoms with Crippen LogP contribution in [-0.4, -0.2) is 45.7 Å². The van der Waals surface area contributed by atoms with Crippen LogP contribution in [0.15, 0.2) is 35.4 Å². The van der Waals surface area contributed by atoms with E-state index < -0.39 is 10.0 Å². The van der Waals surface area contributed by atoms with Gasteiger partial charge in [-0.05, 0) is 37.5 Å². The molecule has 1 aliphatic heterocycles. The zero-order valence-corrected chi connectivity index (χ0v) is 16.3. The van der Waals surface area contributed by atoms with E-state index in [9.17, 15) is 8.42 Å². The van der Waals surface area contributed by atoms with Crippen molar-refractivity contribution in [1.29, 1.82) is 0 Å². The van der Waals surface area contributed by atoms with Gasteiger partial charge < -0.3 is 14.4 Å². The fourth-order valence-electron chi connectivity index (χ4n) is 2.97. The number of nitrogens with zero attached hydrogens (tertiary/aromatic N) is 3. The van der Waals surface area contributed by atoms with Gasteiger partial charge in [-0.3, -0.25) is 0 Å². The molecule has 3 rings (SSSR count). The third kappa shape index (κ3) is 4.67. The second-order valence-electron chi connectivity index (χ2n) is 6.24. The molecule has 0 saturated carbocycles. The van der Waals surface area contributed by atoms with Gasteiger partial charge in [0.25, 0.3) is 0 Å². The lowest BCUT2D eigenvalue weighted by atomic mass is 10.1. The third-order valence-corrected chi connectivity index (χ3v) is 5.88. The average molecular weight is 392 g/mol. The minimum Gasteiger partial charge on any atom is -0.497 e. The summed E-state index contributed by atoms with van der Waals surface area (Å²) in [5, 5.41) is 0. The predicted molar refractivity (Wildman–Crippen MR) is 102 cm³/mol. The Morgan fingerprint density at radius 2 is 1.89 bits per heavy atom. The molecule has 9 heteroatoms. The Bertz CT molecular complexity index is 883. The average Bonchev–Trinajstić information content (AvgIpc) is 2.72. The van der Waals surface area contributed by atoms with Crippen molar-refractivity contribution in [2.45, 2.75) is 30.7 Å². The summed E-state index contributed by atoms with van der Waals surface area (Å²) in [5.41, 5.74) is 0.613. The number of piperidine rings is 1. The summed E-state index contributed by atoms with van der Waals surface area (Å²) < 4.78 is 38.2. The van der Waals surface area contributed by atoms with Gasteiger partial charge in [0.05, 0.1) is 26.5 Å². The molecule has 1 N–H and O–H groups in total. The molecule has 0 atom stereocenters. The normalized spacial score (nSPS) is 14.8. The lowest BCUT2D eigenvalue weighted by Crippen LogP contribution is -2.31. The SMILES string of the molecule is COc1ccc(S(=O)(=O)NCc2ccnc(N3CCCCC3)n2)c(OC)c1. The smallest absolute Gasteiger partial charge is 0.244 e. The van der Waals surface area contributed by atoms with E-state index in [-0.39, 0.29) is 17.2 Å². The molecule has 1 fully saturated rings. The van der Waals surface area contributed by atoms with Crippen molar-refractivity contribution in [3.63, 3.8) is 0 Å². The van der Waals surface area contributed by atoms with Crippen LogP contribution in [0, 0.1) is 0 Å². The van der Waals surface area contributed by atoms with Gasteiger partial charge in [-0.2, -0.15) is 0 Å². The number of aromatic nitrogens is 2. The second-order valence-corrected chi connectivity index (χ2v) is 7.97. The standard InChI is InChI=1S/C18H24N4O4S/c1-25-15-6-7-17(16(12-15)26-2)27(23,24)20-13-14-8-9-19-18(21-14)22-10-4-3-5-11-22/h6-9,12,20H,3-5,10-11,13H2,1-2H3. The highest BCUT2D eigenvalue weighted by atomic mass is 32.2. The van der Waals surface area contributed by atoms with Crippen LogP contribution in [0.2, 0.25) is 0 Å². The van der Waals surface area contributed by atoms with E-state index in [1.807, 2.05) is 0 Å². The van der Waals surface area contributed by atoms with E-state index in [0.717, 1.165) is 25.9 Å². The van der Waals surface area contributed by atoms with Gasteiger partial charge in [-0.1, -0.05) is 0 Å². The van der Waals surface area contributed by atoms with Crippen LogP contribution in [0.3, 0.4) is 0 Å². The zero-order chi connectivity index (χ0) is 19.3. The number of benzene rings is 1. The maximum Gasteiger partial charge on any atom is 0.244 e. The van der Waals surface area contributed by atoms with Crippen molar-refractivity contribution < 1.29 is 17.9 Å². The molecule has 1 saturated heterocycles. The van der Waals surface area contributed by atoms with Gasteiger partial charge in [0.1, 0.15) is 16.4 Å². The number of hydrogen-bond donors (Lipinski definition) is 1. The maximum atomic E-state index is 12.7. The van der Waals surface area contributed by atoms with Crippen molar-refractivity contribution in [2.75, 3.05) is 32.2 Å². The van der Waals surface area contributed by atoms with Gasteiger partial charge in [0, 0.05) is 25.4 Å². The molecule has 146 valence electrons. The van der Waals surface area contributed by atoms with Gasteiger partial charge in [-0.25, -0.2) is 23.1 Å². The summed E-state index contributed by atoms with van der Waals surface area (Å²) in [6.45, 7) is 1.93. The summed E-state index contributed by atoms with van der Waals surface area (Å²) in [5.74, 6) is 1.39. The molecule has 8 nitrogen and oxygen atoms in total. The quantitative estimate of drug-likeness (QED) is 0.770. The lowest BCUT2D eigenvalue weighted by Gasteiger charge is -2.26. The first-order valence-electron chi connectivity index (χ1n) is 8.82. The Labute approximate surface area is 159 Å². The minimum atomic E-state index is -3.77. The maximum absolute atomic E-state index is 12.7. The molecular weight excluding hydrogens is 368 g/mol. The van der Waals surface area contributed by atoms with Crippen molar-refractivity contribution in [3.8, 4) is 11.5 Å². The van der Waals surface area contributed by atoms with Gasteiger partial charge in [0.2, 0.25) is 16.0 Å². The van der Waals surface area contributed by atoms with E-state index in [1.165, 1.54) is 32.8 Å². The van der Waals surface area contributed by atoms with E-state index in [0.29, 0.717) is 17.4 Å². The Balaban J connectivity index is 1.74. The third-order valence-electron chi connectivity index (χ3n) is 4.44. The number of nitrogens with one attached hydrogen (secondary N) is 1. The zero-order valence-electron chi connectivity index (χ0n) is 15.5. The number of rotatable bonds is 7. The molecule has 1 aromatic carbocycles. The Morgan fingerprint density at radius 3 is 2.59 bits per heavy atom. The van der Waals surface area contributed by atoms with Crippen LogP contribution in [0.25, 0.3) is 0 Å². The van der Waals surface area contributed by atoms with Crippen molar-refractivity contribution >= 4 is 16.0 Å². The van der Waals surface area contributed by atoms with Crippen LogP contribution in [0.4, 0.5) is 5.95 Å². The fourth-order valence-corrected chi connectivity index (χ4v) is 4.12. The highest BCUT2D eigenvalue weighted by molar-refractivity contribution is 7.89. The molecule has 0 bridgehead atoms. The molecule has 27 heavy (non-hydrogen) atoms. The highest BCUT2D eigenvalue weighted by Gasteiger charge is 2.20. The predicted octanol–water partition coefficient (Wildman–Crippen LogP) is 1.96. The summed E-state index contributed by atoms with van der Waals surface area (Å²) in [6, 6.07) is 6.28. The molecule has 0 amide bonds. The van der Waals surface area contributed by atoms with E-state index in [1.54, 1.807) is 18.3 Å². The molecule has 2 aromatic rings. The van der Waals surface area contributed by atoms with Crippen LogP contribution in [0.1, 0.15) is 25.0 Å². The van der Waals surface area contributed by atoms with Gasteiger partial charge in [0.15, 0.2) is 0 Å². The van der Waals surface area contributed by atoms with Crippen molar-refractivity contribution in [2.24, 2.45) is 0 Å². The molecular formula is C18H24N4O4S. The molecule has 0 unspecified atom stereocenters. The molecule has 2 heterocycles. The van der Waals surface area contributed by atoms with E-state index >= 15 is 0 Å². The van der Waals surface area contributed by atoms with Crippen LogP contribution < -0.4 is 19.1 Å². The molecule has 0 aliphatic carbocycles. The highest BCUT2D eigenvalue weighted by Crippen LogP contribution is 2.28. The minimum absolute atomic E-state index is 0.0520. The number of ether oxygens (including phenoxy) is 2. The number of hydrogen-bond acceptors (Lipinski definition) is 7. The molecule has 1 aromatic heterocycles. The van der Waals surface area contributed by atoms with Gasteiger partial charge in [-0.15, -0.1) is 0 Å². The lowest BCUT2D eigenvalue weighted by molar-refractivity contribution is 0.386. The summed E-state index contributed by atoms with van der Waals surface area (Å²) in [7, 11) is -0.839. The van der Waals surface area contributed by atoms with E-state index in [2.05, 4.69) is 19.6 Å². The molecule has 0 spiro atoms. The van der Waals surface area contributed by atoms with Crippen molar-refractivity contribution in [1.82, 2.24) is 14.7 Å². The molecule has 0 radical (unpaired) electrons. The van der Waals surface area contributed by atoms with Crippen LogP contribution in [0.5, 0.6) is 11.5 Å². The Morgan fingerprint density at radius 1 is 1.11 bits per heavy atom. The topological polar surface area (TPSA) is 93.7 Å². The number of methoxy groups -OCH3 is 2. The summed E-state index contributed by atoms with van der Waals surface area (Å²) >= 11 is 0. The largest absolute Gasteiger partial charge is 0.497 e. The number of sulfonamides is 1. The van der Waals surface area contributed by atoms with E-state index in [4.69, 9.17) is 9.47 Å². The molecule has 1 aliphatic rings. The van der Waals surface area contributed by atoms with Crippen LogP contribution in [-0.2, 0) is 16.6 Å².